The molecular weight excluding hydrogens is 217 g/mol. The maximum atomic E-state index is 10.7. The van der Waals surface area contributed by atoms with Gasteiger partial charge in [0.25, 0.3) is 0 Å². The van der Waals surface area contributed by atoms with E-state index in [9.17, 15) is 20.1 Å². The summed E-state index contributed by atoms with van der Waals surface area (Å²) in [4.78, 5) is 10.1. The van der Waals surface area contributed by atoms with Gasteiger partial charge in [-0.3, -0.25) is 0 Å². The summed E-state index contributed by atoms with van der Waals surface area (Å²) >= 11 is 0. The summed E-state index contributed by atoms with van der Waals surface area (Å²) in [6.07, 6.45) is 0. The minimum atomic E-state index is -1.62. The van der Waals surface area contributed by atoms with Crippen molar-refractivity contribution in [1.82, 2.24) is 0 Å². The van der Waals surface area contributed by atoms with Crippen LogP contribution in [0.3, 0.4) is 0 Å². The molecule has 1 aromatic carbocycles. The molecule has 0 atom stereocenters. The summed E-state index contributed by atoms with van der Waals surface area (Å²) in [6, 6.07) is 2.67. The van der Waals surface area contributed by atoms with Crippen molar-refractivity contribution in [2.24, 2.45) is 0 Å². The molecule has 0 heterocycles. The average Bonchev–Trinajstić information content (AvgIpc) is 1.94. The molecule has 0 bridgehead atoms. The minimum Gasteiger partial charge on any atom is -0.872 e. The Morgan fingerprint density at radius 3 is 1.93 bits per heavy atom. The third kappa shape index (κ3) is 6.00. The molecule has 0 N–H and O–H groups in total. The maximum Gasteiger partial charge on any atom is 1.00 e. The monoisotopic (exact) mass is 220 g/mol. The van der Waals surface area contributed by atoms with Crippen LogP contribution in [-0.4, -0.2) is 5.97 Å². The van der Waals surface area contributed by atoms with Gasteiger partial charge < -0.3 is 20.1 Å². The zero-order chi connectivity index (χ0) is 8.43. The zero-order valence-corrected chi connectivity index (χ0v) is 14.4. The van der Waals surface area contributed by atoms with Crippen LogP contribution < -0.4 is 104 Å². The van der Waals surface area contributed by atoms with Crippen LogP contribution in [0, 0.1) is 0 Å². The van der Waals surface area contributed by atoms with Crippen molar-refractivity contribution in [3.63, 3.8) is 0 Å². The van der Waals surface area contributed by atoms with Crippen LogP contribution in [0.1, 0.15) is 10.4 Å². The quantitative estimate of drug-likeness (QED) is 0.440. The number of carboxylic acids is 1. The number of rotatable bonds is 1. The molecule has 0 aliphatic heterocycles. The van der Waals surface area contributed by atoms with Crippen molar-refractivity contribution >= 4 is 5.97 Å². The average molecular weight is 220 g/mol. The molecule has 1 rings (SSSR count). The standard InChI is InChI=1S/C7H6O4.3Na/c8-4-1-2-6(9)5(3-4)7(10)11;;;/h1-3,8-9H,(H,10,11);;;/q;3*+1/p-3. The number of carboxylic acid groups (broad SMARTS) is 1. The first-order chi connectivity index (χ1) is 5.11. The minimum absolute atomic E-state index is 0. The Kier molecular flexibility index (Phi) is 14.0. The fourth-order valence-electron chi connectivity index (χ4n) is 0.669. The van der Waals surface area contributed by atoms with Gasteiger partial charge in [0, 0.05) is 0 Å². The molecule has 0 aliphatic rings. The fourth-order valence-corrected chi connectivity index (χ4v) is 0.669. The second-order valence-electron chi connectivity index (χ2n) is 1.95. The molecule has 1 aromatic rings. The van der Waals surface area contributed by atoms with E-state index in [1.165, 1.54) is 0 Å². The van der Waals surface area contributed by atoms with E-state index in [-0.39, 0.29) is 88.7 Å². The van der Waals surface area contributed by atoms with Crippen LogP contribution in [0.2, 0.25) is 0 Å². The van der Waals surface area contributed by atoms with Gasteiger partial charge in [0.15, 0.2) is 0 Å². The van der Waals surface area contributed by atoms with Crippen LogP contribution in [0.15, 0.2) is 18.2 Å². The summed E-state index contributed by atoms with van der Waals surface area (Å²) in [5, 5.41) is 31.3. The molecule has 0 saturated carbocycles. The third-order valence-corrected chi connectivity index (χ3v) is 1.17. The second kappa shape index (κ2) is 9.51. The van der Waals surface area contributed by atoms with Gasteiger partial charge in [-0.15, -0.1) is 5.75 Å². The molecule has 0 aliphatic carbocycles. The summed E-state index contributed by atoms with van der Waals surface area (Å²) < 4.78 is 0. The molecule has 58 valence electrons. The molecule has 0 aromatic heterocycles. The van der Waals surface area contributed by atoms with Gasteiger partial charge in [0.2, 0.25) is 0 Å². The summed E-state index contributed by atoms with van der Waals surface area (Å²) in [6.45, 7) is 0. The Morgan fingerprint density at radius 1 is 1.07 bits per heavy atom. The van der Waals surface area contributed by atoms with Crippen molar-refractivity contribution in [3.8, 4) is 11.5 Å². The van der Waals surface area contributed by atoms with E-state index in [1.807, 2.05) is 0 Å². The molecule has 0 amide bonds. The number of hydrogen-bond acceptors (Lipinski definition) is 4. The van der Waals surface area contributed by atoms with E-state index in [2.05, 4.69) is 0 Å². The molecular formula is C7H3Na3O4. The van der Waals surface area contributed by atoms with Crippen LogP contribution in [-0.2, 0) is 0 Å². The number of hydrogen-bond donors (Lipinski definition) is 0. The second-order valence-corrected chi connectivity index (χ2v) is 1.95. The molecule has 14 heavy (non-hydrogen) atoms. The molecule has 4 nitrogen and oxygen atoms in total. The first-order valence-electron chi connectivity index (χ1n) is 2.80. The molecule has 7 heteroatoms. The number of benzene rings is 1. The Bertz CT molecular complexity index is 303. The van der Waals surface area contributed by atoms with E-state index in [0.717, 1.165) is 18.2 Å². The van der Waals surface area contributed by atoms with Gasteiger partial charge in [0.1, 0.15) is 0 Å². The van der Waals surface area contributed by atoms with Crippen molar-refractivity contribution in [2.75, 3.05) is 0 Å². The van der Waals surface area contributed by atoms with Crippen molar-refractivity contribution in [2.45, 2.75) is 0 Å². The molecule has 0 unspecified atom stereocenters. The predicted octanol–water partition coefficient (Wildman–Crippen LogP) is -10.8. The van der Waals surface area contributed by atoms with Crippen LogP contribution in [0.5, 0.6) is 11.5 Å². The molecule has 0 spiro atoms. The SMILES string of the molecule is O=C([O-])c1cc([O-])ccc1[O-].[Na+].[Na+].[Na+]. The Balaban J connectivity index is -0.000000403. The first kappa shape index (κ1) is 20.7. The van der Waals surface area contributed by atoms with E-state index in [4.69, 9.17) is 0 Å². The summed E-state index contributed by atoms with van der Waals surface area (Å²) in [5.41, 5.74) is -0.586. The normalized spacial score (nSPS) is 7.43. The van der Waals surface area contributed by atoms with Crippen LogP contribution >= 0.6 is 0 Å². The van der Waals surface area contributed by atoms with Gasteiger partial charge in [-0.05, 0) is 5.56 Å². The number of aromatic carboxylic acids is 1. The van der Waals surface area contributed by atoms with Gasteiger partial charge in [-0.2, -0.15) is 0 Å². The Hall–Kier alpha value is 1.29. The van der Waals surface area contributed by atoms with E-state index in [0.29, 0.717) is 0 Å². The van der Waals surface area contributed by atoms with Crippen molar-refractivity contribution in [1.29, 1.82) is 0 Å². The molecule has 0 fully saturated rings. The maximum absolute atomic E-state index is 10.7. The Labute approximate surface area is 148 Å². The van der Waals surface area contributed by atoms with Crippen molar-refractivity contribution < 1.29 is 109 Å². The number of carbonyl (C=O) groups is 1. The fraction of sp³-hybridized carbons (Fsp3) is 0. The van der Waals surface area contributed by atoms with Gasteiger partial charge in [-0.25, -0.2) is 0 Å². The van der Waals surface area contributed by atoms with Gasteiger partial charge >= 0.3 is 88.7 Å². The van der Waals surface area contributed by atoms with Gasteiger partial charge in [-0.1, -0.05) is 23.9 Å². The first-order valence-corrected chi connectivity index (χ1v) is 2.80. The number of carbonyl (C=O) groups excluding carboxylic acids is 1. The smallest absolute Gasteiger partial charge is 0.872 e. The van der Waals surface area contributed by atoms with Crippen LogP contribution in [0.4, 0.5) is 0 Å². The zero-order valence-electron chi connectivity index (χ0n) is 8.37. The summed E-state index contributed by atoms with van der Waals surface area (Å²) in [5.74, 6) is -2.83. The van der Waals surface area contributed by atoms with E-state index in [1.54, 1.807) is 0 Å². The van der Waals surface area contributed by atoms with E-state index >= 15 is 0 Å². The molecule has 0 saturated heterocycles. The van der Waals surface area contributed by atoms with E-state index < -0.39 is 23.0 Å². The summed E-state index contributed by atoms with van der Waals surface area (Å²) in [7, 11) is 0. The third-order valence-electron chi connectivity index (χ3n) is 1.17. The Morgan fingerprint density at radius 2 is 1.57 bits per heavy atom. The topological polar surface area (TPSA) is 86.2 Å². The predicted molar refractivity (Wildman–Crippen MR) is 29.7 cm³/mol. The van der Waals surface area contributed by atoms with Crippen LogP contribution in [0.25, 0.3) is 0 Å². The molecule has 0 radical (unpaired) electrons. The van der Waals surface area contributed by atoms with Gasteiger partial charge in [0.05, 0.1) is 5.97 Å². The largest absolute Gasteiger partial charge is 1.00 e. The van der Waals surface area contributed by atoms with Crippen molar-refractivity contribution in [3.05, 3.63) is 23.8 Å².